The van der Waals surface area contributed by atoms with Gasteiger partial charge < -0.3 is 0 Å². The highest BCUT2D eigenvalue weighted by atomic mass is 32.2. The van der Waals surface area contributed by atoms with Gasteiger partial charge in [0.2, 0.25) is 0 Å². The van der Waals surface area contributed by atoms with Crippen molar-refractivity contribution in [2.75, 3.05) is 12.0 Å². The van der Waals surface area contributed by atoms with Crippen molar-refractivity contribution in [1.82, 2.24) is 0 Å². The third-order valence-corrected chi connectivity index (χ3v) is 2.35. The molecule has 62 valence electrons. The highest BCUT2D eigenvalue weighted by Gasteiger charge is 2.10. The maximum atomic E-state index is 11.1. The van der Waals surface area contributed by atoms with E-state index in [1.54, 1.807) is 6.26 Å². The lowest BCUT2D eigenvalue weighted by Crippen LogP contribution is -2.12. The standard InChI is InChI=1S/C8H18OS/c1-8(2,3)6-7-10(4,5)9/h4,6-7H2,1-3,5H3. The Balaban J connectivity index is 3.79. The molecule has 2 heteroatoms. The van der Waals surface area contributed by atoms with E-state index >= 15 is 0 Å². The first kappa shape index (κ1) is 10.0. The zero-order valence-electron chi connectivity index (χ0n) is 7.44. The summed E-state index contributed by atoms with van der Waals surface area (Å²) in [4.78, 5) is 0. The van der Waals surface area contributed by atoms with Crippen LogP contribution in [0.15, 0.2) is 0 Å². The molecule has 1 unspecified atom stereocenters. The van der Waals surface area contributed by atoms with Gasteiger partial charge in [-0.2, -0.15) is 0 Å². The van der Waals surface area contributed by atoms with Gasteiger partial charge in [0.05, 0.1) is 0 Å². The average molecular weight is 162 g/mol. The molecular formula is C8H18OS. The smallest absolute Gasteiger partial charge is 0.0161 e. The fraction of sp³-hybridized carbons (Fsp3) is 0.875. The van der Waals surface area contributed by atoms with Gasteiger partial charge in [0.25, 0.3) is 0 Å². The van der Waals surface area contributed by atoms with Crippen LogP contribution in [-0.4, -0.2) is 22.1 Å². The third kappa shape index (κ3) is 8.02. The lowest BCUT2D eigenvalue weighted by atomic mass is 9.94. The molecule has 0 spiro atoms. The second kappa shape index (κ2) is 2.95. The van der Waals surface area contributed by atoms with E-state index in [0.717, 1.165) is 12.2 Å². The first-order valence-electron chi connectivity index (χ1n) is 3.51. The summed E-state index contributed by atoms with van der Waals surface area (Å²) in [5.74, 6) is 4.35. The Labute approximate surface area is 64.8 Å². The van der Waals surface area contributed by atoms with Gasteiger partial charge in [-0.3, -0.25) is 4.21 Å². The highest BCUT2D eigenvalue weighted by Crippen LogP contribution is 2.18. The van der Waals surface area contributed by atoms with Gasteiger partial charge in [-0.05, 0) is 27.2 Å². The molecule has 0 aromatic carbocycles. The first-order valence-corrected chi connectivity index (χ1v) is 5.81. The van der Waals surface area contributed by atoms with Gasteiger partial charge in [-0.25, -0.2) is 0 Å². The van der Waals surface area contributed by atoms with E-state index in [4.69, 9.17) is 0 Å². The Hall–Kier alpha value is 0.0200. The summed E-state index contributed by atoms with van der Waals surface area (Å²) in [7, 11) is -1.76. The Morgan fingerprint density at radius 1 is 1.40 bits per heavy atom. The quantitative estimate of drug-likeness (QED) is 0.566. The van der Waals surface area contributed by atoms with Crippen LogP contribution in [0.5, 0.6) is 0 Å². The van der Waals surface area contributed by atoms with Crippen molar-refractivity contribution >= 4 is 15.4 Å². The van der Waals surface area contributed by atoms with Crippen LogP contribution in [0.25, 0.3) is 0 Å². The van der Waals surface area contributed by atoms with Crippen molar-refractivity contribution in [2.45, 2.75) is 27.2 Å². The highest BCUT2D eigenvalue weighted by molar-refractivity contribution is 7.99. The van der Waals surface area contributed by atoms with Gasteiger partial charge in [0.15, 0.2) is 0 Å². The van der Waals surface area contributed by atoms with E-state index in [-0.39, 0.29) is 5.41 Å². The molecule has 0 aliphatic heterocycles. The minimum absolute atomic E-state index is 0.288. The van der Waals surface area contributed by atoms with E-state index in [0.29, 0.717) is 0 Å². The lowest BCUT2D eigenvalue weighted by molar-refractivity contribution is 0.400. The second-order valence-corrected chi connectivity index (χ2v) is 6.97. The van der Waals surface area contributed by atoms with E-state index in [1.165, 1.54) is 0 Å². The second-order valence-electron chi connectivity index (χ2n) is 4.20. The topological polar surface area (TPSA) is 17.1 Å². The molecule has 0 saturated heterocycles. The maximum Gasteiger partial charge on any atom is 0.0161 e. The van der Waals surface area contributed by atoms with E-state index in [9.17, 15) is 4.21 Å². The molecular weight excluding hydrogens is 144 g/mol. The largest absolute Gasteiger partial charge is 0.268 e. The minimum atomic E-state index is -1.76. The summed E-state index contributed by atoms with van der Waals surface area (Å²) in [5.41, 5.74) is 0.288. The van der Waals surface area contributed by atoms with E-state index in [2.05, 4.69) is 26.6 Å². The van der Waals surface area contributed by atoms with Gasteiger partial charge in [-0.15, -0.1) is 0 Å². The molecule has 0 fully saturated rings. The fourth-order valence-electron chi connectivity index (χ4n) is 0.522. The van der Waals surface area contributed by atoms with Crippen LogP contribution in [0.2, 0.25) is 0 Å². The first-order chi connectivity index (χ1) is 4.21. The monoisotopic (exact) mass is 162 g/mol. The summed E-state index contributed by atoms with van der Waals surface area (Å²) < 4.78 is 11.1. The van der Waals surface area contributed by atoms with Crippen molar-refractivity contribution in [3.63, 3.8) is 0 Å². The van der Waals surface area contributed by atoms with Gasteiger partial charge in [0, 0.05) is 12.0 Å². The Morgan fingerprint density at radius 3 is 1.90 bits per heavy atom. The molecule has 0 rings (SSSR count). The number of rotatable bonds is 2. The van der Waals surface area contributed by atoms with Crippen molar-refractivity contribution in [2.24, 2.45) is 5.41 Å². The van der Waals surface area contributed by atoms with Crippen LogP contribution in [0.4, 0.5) is 0 Å². The van der Waals surface area contributed by atoms with Crippen LogP contribution >= 0.6 is 0 Å². The van der Waals surface area contributed by atoms with Gasteiger partial charge in [-0.1, -0.05) is 20.8 Å². The van der Waals surface area contributed by atoms with Crippen LogP contribution < -0.4 is 0 Å². The maximum absolute atomic E-state index is 11.1. The van der Waals surface area contributed by atoms with E-state index < -0.39 is 9.52 Å². The summed E-state index contributed by atoms with van der Waals surface area (Å²) >= 11 is 0. The van der Waals surface area contributed by atoms with Crippen LogP contribution in [0.1, 0.15) is 27.2 Å². The van der Waals surface area contributed by atoms with Crippen LogP contribution in [0, 0.1) is 5.41 Å². The van der Waals surface area contributed by atoms with Crippen molar-refractivity contribution in [1.29, 1.82) is 0 Å². The van der Waals surface area contributed by atoms with Crippen LogP contribution in [0.3, 0.4) is 0 Å². The molecule has 0 radical (unpaired) electrons. The molecule has 10 heavy (non-hydrogen) atoms. The Kier molecular flexibility index (Phi) is 2.96. The van der Waals surface area contributed by atoms with Crippen LogP contribution in [-0.2, 0) is 9.52 Å². The Morgan fingerprint density at radius 2 is 1.80 bits per heavy atom. The summed E-state index contributed by atoms with van der Waals surface area (Å²) in [6.07, 6.45) is 2.71. The molecule has 0 heterocycles. The minimum Gasteiger partial charge on any atom is -0.268 e. The molecule has 0 amide bonds. The summed E-state index contributed by atoms with van der Waals surface area (Å²) in [6, 6.07) is 0. The number of hydrogen-bond acceptors (Lipinski definition) is 1. The van der Waals surface area contributed by atoms with Crippen molar-refractivity contribution < 1.29 is 4.21 Å². The average Bonchev–Trinajstić information content (AvgIpc) is 1.57. The number of hydrogen-bond donors (Lipinski definition) is 0. The summed E-state index contributed by atoms with van der Waals surface area (Å²) in [5, 5.41) is 0. The van der Waals surface area contributed by atoms with Crippen molar-refractivity contribution in [3.05, 3.63) is 0 Å². The van der Waals surface area contributed by atoms with Crippen molar-refractivity contribution in [3.8, 4) is 0 Å². The predicted octanol–water partition coefficient (Wildman–Crippen LogP) is 1.77. The predicted molar refractivity (Wildman–Crippen MR) is 50.1 cm³/mol. The van der Waals surface area contributed by atoms with E-state index in [1.807, 2.05) is 0 Å². The Bertz CT molecular complexity index is 182. The normalized spacial score (nSPS) is 18.4. The molecule has 0 aliphatic rings. The molecule has 0 N–H and O–H groups in total. The molecule has 1 nitrogen and oxygen atoms in total. The zero-order valence-corrected chi connectivity index (χ0v) is 8.25. The SMILES string of the molecule is C=S(C)(=O)CCC(C)(C)C. The zero-order chi connectivity index (χ0) is 8.41. The van der Waals surface area contributed by atoms with Gasteiger partial charge >= 0.3 is 0 Å². The fourth-order valence-corrected chi connectivity index (χ4v) is 1.57. The molecule has 0 aliphatic carbocycles. The molecule has 0 aromatic heterocycles. The van der Waals surface area contributed by atoms with Gasteiger partial charge in [0.1, 0.15) is 0 Å². The lowest BCUT2D eigenvalue weighted by Gasteiger charge is -2.17. The molecule has 1 atom stereocenters. The summed E-state index contributed by atoms with van der Waals surface area (Å²) in [6.45, 7) is 6.45. The molecule has 0 saturated carbocycles. The molecule has 0 bridgehead atoms. The third-order valence-electron chi connectivity index (χ3n) is 1.28. The molecule has 0 aromatic rings.